The molecule has 0 aliphatic rings. The third-order valence-corrected chi connectivity index (χ3v) is 1.58. The summed E-state index contributed by atoms with van der Waals surface area (Å²) < 4.78 is 0. The Bertz CT molecular complexity index is 199. The normalized spacial score (nSPS) is 9.40. The molecular weight excluding hydrogens is 260 g/mol. The van der Waals surface area contributed by atoms with Crippen LogP contribution in [0.2, 0.25) is 0 Å². The maximum absolute atomic E-state index is 9.00. The van der Waals surface area contributed by atoms with Gasteiger partial charge in [0.15, 0.2) is 0 Å². The highest BCUT2D eigenvalue weighted by molar-refractivity contribution is 5.63. The first kappa shape index (κ1) is 23.9. The number of carbonyl (C=O) groups is 2. The number of hydrogen-bond donors (Lipinski definition) is 4. The molecule has 0 aliphatic heterocycles. The van der Waals surface area contributed by atoms with Crippen molar-refractivity contribution in [1.29, 1.82) is 0 Å². The number of carboxylic acid groups (broad SMARTS) is 2. The molecule has 0 aliphatic carbocycles. The maximum Gasteiger partial charge on any atom is 0.300 e. The van der Waals surface area contributed by atoms with Gasteiger partial charge in [0.2, 0.25) is 0 Å². The molecule has 0 aromatic rings. The van der Waals surface area contributed by atoms with Crippen LogP contribution in [0.15, 0.2) is 0 Å². The molecule has 6 nitrogen and oxygen atoms in total. The van der Waals surface area contributed by atoms with Crippen LogP contribution in [0.3, 0.4) is 0 Å². The molecule has 0 amide bonds. The summed E-state index contributed by atoms with van der Waals surface area (Å²) in [6.45, 7) is 15.5. The Morgan fingerprint density at radius 2 is 1.00 bits per heavy atom. The first-order valence-electron chi connectivity index (χ1n) is 6.90. The summed E-state index contributed by atoms with van der Waals surface area (Å²) in [5.74, 6) is -0.148. The van der Waals surface area contributed by atoms with Gasteiger partial charge in [0.05, 0.1) is 0 Å². The molecule has 122 valence electrons. The molecule has 0 aromatic heterocycles. The molecule has 6 heteroatoms. The largest absolute Gasteiger partial charge is 0.481 e. The van der Waals surface area contributed by atoms with E-state index in [1.807, 2.05) is 0 Å². The number of carboxylic acids is 2. The molecule has 0 rings (SSSR count). The van der Waals surface area contributed by atoms with E-state index in [4.69, 9.17) is 19.8 Å². The van der Waals surface area contributed by atoms with Crippen molar-refractivity contribution in [3.05, 3.63) is 0 Å². The summed E-state index contributed by atoms with van der Waals surface area (Å²) in [6.07, 6.45) is 0. The van der Waals surface area contributed by atoms with Crippen LogP contribution in [0.1, 0.15) is 41.5 Å². The van der Waals surface area contributed by atoms with Crippen molar-refractivity contribution in [3.8, 4) is 0 Å². The second-order valence-corrected chi connectivity index (χ2v) is 5.23. The Morgan fingerprint density at radius 3 is 1.15 bits per heavy atom. The Labute approximate surface area is 123 Å². The summed E-state index contributed by atoms with van der Waals surface area (Å²) >= 11 is 0. The number of rotatable bonds is 7. The van der Waals surface area contributed by atoms with E-state index >= 15 is 0 Å². The van der Waals surface area contributed by atoms with Crippen LogP contribution in [0.5, 0.6) is 0 Å². The summed E-state index contributed by atoms with van der Waals surface area (Å²) in [5, 5.41) is 21.6. The van der Waals surface area contributed by atoms with Gasteiger partial charge in [-0.05, 0) is 24.9 Å². The molecule has 0 heterocycles. The molecule has 4 N–H and O–H groups in total. The predicted molar refractivity (Wildman–Crippen MR) is 82.0 cm³/mol. The van der Waals surface area contributed by atoms with Crippen molar-refractivity contribution in [1.82, 2.24) is 10.6 Å². The van der Waals surface area contributed by atoms with Crippen LogP contribution < -0.4 is 10.6 Å². The van der Waals surface area contributed by atoms with E-state index in [9.17, 15) is 0 Å². The zero-order chi connectivity index (χ0) is 16.6. The fraction of sp³-hybridized carbons (Fsp3) is 0.857. The molecule has 0 fully saturated rings. The van der Waals surface area contributed by atoms with E-state index in [0.717, 1.165) is 51.9 Å². The van der Waals surface area contributed by atoms with Crippen LogP contribution in [-0.2, 0) is 9.59 Å². The lowest BCUT2D eigenvalue weighted by atomic mass is 10.2. The average Bonchev–Trinajstić information content (AvgIpc) is 2.20. The second kappa shape index (κ2) is 17.9. The van der Waals surface area contributed by atoms with Crippen molar-refractivity contribution in [2.75, 3.05) is 26.2 Å². The van der Waals surface area contributed by atoms with Gasteiger partial charge in [0.1, 0.15) is 0 Å². The Kier molecular flexibility index (Phi) is 21.4. The minimum absolute atomic E-state index is 0.759. The Morgan fingerprint density at radius 1 is 0.800 bits per heavy atom. The predicted octanol–water partition coefficient (Wildman–Crippen LogP) is 1.66. The highest BCUT2D eigenvalue weighted by Gasteiger charge is 1.93. The molecule has 0 saturated carbocycles. The lowest BCUT2D eigenvalue weighted by Crippen LogP contribution is -2.31. The third kappa shape index (κ3) is 68.6. The standard InChI is InChI=1S/C10H24N2.2C2H4O2/c1-9(2)7-11-5-6-12-8-10(3)4;2*1-2(3)4/h9-12H,5-8H2,1-4H3;2*1H3,(H,3,4). The number of nitrogens with one attached hydrogen (secondary N) is 2. The van der Waals surface area contributed by atoms with Gasteiger partial charge in [0.25, 0.3) is 11.9 Å². The van der Waals surface area contributed by atoms with Crippen LogP contribution in [0.4, 0.5) is 0 Å². The zero-order valence-electron chi connectivity index (χ0n) is 13.7. The van der Waals surface area contributed by atoms with Gasteiger partial charge >= 0.3 is 0 Å². The molecule has 0 saturated heterocycles. The lowest BCUT2D eigenvalue weighted by Gasteiger charge is -2.09. The minimum atomic E-state index is -0.833. The smallest absolute Gasteiger partial charge is 0.300 e. The van der Waals surface area contributed by atoms with Crippen molar-refractivity contribution in [2.45, 2.75) is 41.5 Å². The van der Waals surface area contributed by atoms with E-state index in [1.165, 1.54) is 0 Å². The van der Waals surface area contributed by atoms with Crippen LogP contribution >= 0.6 is 0 Å². The first-order chi connectivity index (χ1) is 9.09. The molecular formula is C14H32N2O4. The number of hydrogen-bond acceptors (Lipinski definition) is 4. The van der Waals surface area contributed by atoms with Crippen LogP contribution in [0.25, 0.3) is 0 Å². The monoisotopic (exact) mass is 292 g/mol. The zero-order valence-corrected chi connectivity index (χ0v) is 13.7. The number of aliphatic carboxylic acids is 2. The summed E-state index contributed by atoms with van der Waals surface area (Å²) in [6, 6.07) is 0. The van der Waals surface area contributed by atoms with Crippen molar-refractivity contribution >= 4 is 11.9 Å². The fourth-order valence-electron chi connectivity index (χ4n) is 0.958. The van der Waals surface area contributed by atoms with Gasteiger partial charge in [-0.3, -0.25) is 9.59 Å². The fourth-order valence-corrected chi connectivity index (χ4v) is 0.958. The van der Waals surface area contributed by atoms with Crippen molar-refractivity contribution in [2.24, 2.45) is 11.8 Å². The van der Waals surface area contributed by atoms with E-state index in [-0.39, 0.29) is 0 Å². The Balaban J connectivity index is -0.000000297. The van der Waals surface area contributed by atoms with Gasteiger partial charge in [-0.25, -0.2) is 0 Å². The summed E-state index contributed by atoms with van der Waals surface area (Å²) in [4.78, 5) is 18.0. The van der Waals surface area contributed by atoms with E-state index in [0.29, 0.717) is 0 Å². The van der Waals surface area contributed by atoms with Crippen molar-refractivity contribution in [3.63, 3.8) is 0 Å². The topological polar surface area (TPSA) is 98.7 Å². The van der Waals surface area contributed by atoms with Gasteiger partial charge in [0, 0.05) is 26.9 Å². The van der Waals surface area contributed by atoms with E-state index in [1.54, 1.807) is 0 Å². The third-order valence-electron chi connectivity index (χ3n) is 1.58. The van der Waals surface area contributed by atoms with Crippen LogP contribution in [0, 0.1) is 11.8 Å². The summed E-state index contributed by atoms with van der Waals surface area (Å²) in [5.41, 5.74) is 0. The van der Waals surface area contributed by atoms with Gasteiger partial charge in [-0.15, -0.1) is 0 Å². The van der Waals surface area contributed by atoms with Crippen molar-refractivity contribution < 1.29 is 19.8 Å². The van der Waals surface area contributed by atoms with Crippen LogP contribution in [-0.4, -0.2) is 48.3 Å². The molecule has 20 heavy (non-hydrogen) atoms. The lowest BCUT2D eigenvalue weighted by molar-refractivity contribution is -0.135. The van der Waals surface area contributed by atoms with Gasteiger partial charge in [-0.1, -0.05) is 27.7 Å². The highest BCUT2D eigenvalue weighted by Crippen LogP contribution is 1.87. The molecule has 0 bridgehead atoms. The SMILES string of the molecule is CC(=O)O.CC(=O)O.CC(C)CNCCNCC(C)C. The van der Waals surface area contributed by atoms with Gasteiger partial charge < -0.3 is 20.8 Å². The molecule has 0 radical (unpaired) electrons. The second-order valence-electron chi connectivity index (χ2n) is 5.23. The van der Waals surface area contributed by atoms with E-state index < -0.39 is 11.9 Å². The molecule has 0 spiro atoms. The minimum Gasteiger partial charge on any atom is -0.481 e. The highest BCUT2D eigenvalue weighted by atomic mass is 16.4. The average molecular weight is 292 g/mol. The summed E-state index contributed by atoms with van der Waals surface area (Å²) in [7, 11) is 0. The molecule has 0 unspecified atom stereocenters. The molecule has 0 aromatic carbocycles. The van der Waals surface area contributed by atoms with E-state index in [2.05, 4.69) is 38.3 Å². The van der Waals surface area contributed by atoms with Gasteiger partial charge in [-0.2, -0.15) is 0 Å². The molecule has 0 atom stereocenters. The maximum atomic E-state index is 9.00. The first-order valence-corrected chi connectivity index (χ1v) is 6.90. The Hall–Kier alpha value is -1.14. The quantitative estimate of drug-likeness (QED) is 0.533.